The van der Waals surface area contributed by atoms with Crippen LogP contribution in [-0.2, 0) is 13.8 Å². The van der Waals surface area contributed by atoms with Crippen LogP contribution in [0.15, 0.2) is 48.7 Å². The van der Waals surface area contributed by atoms with Crippen molar-refractivity contribution in [2.75, 3.05) is 17.2 Å². The molecular weight excluding hydrogens is 352 g/mol. The molecule has 6 nitrogen and oxygen atoms in total. The quantitative estimate of drug-likeness (QED) is 0.760. The van der Waals surface area contributed by atoms with Gasteiger partial charge in [0.15, 0.2) is 0 Å². The van der Waals surface area contributed by atoms with Gasteiger partial charge in [-0.3, -0.25) is 4.79 Å². The summed E-state index contributed by atoms with van der Waals surface area (Å²) in [6.07, 6.45) is 1.79. The summed E-state index contributed by atoms with van der Waals surface area (Å²) in [5, 5.41) is 0. The van der Waals surface area contributed by atoms with Crippen molar-refractivity contribution in [3.63, 3.8) is 0 Å². The standard InChI is InChI=1S/C16H15ClN2O4S/c17-24(21,22)11-12-8-16(20)19(10-12)13-4-3-5-14(9-13)23-15-6-1-2-7-18-15/h1-7,9,12H,8,10-11H2. The van der Waals surface area contributed by atoms with Crippen molar-refractivity contribution >= 4 is 31.3 Å². The van der Waals surface area contributed by atoms with Gasteiger partial charge in [-0.05, 0) is 18.2 Å². The SMILES string of the molecule is O=C1CC(CS(=O)(=O)Cl)CN1c1cccc(Oc2ccccn2)c1. The van der Waals surface area contributed by atoms with E-state index >= 15 is 0 Å². The second-order valence-electron chi connectivity index (χ2n) is 5.55. The van der Waals surface area contributed by atoms with Gasteiger partial charge in [0.2, 0.25) is 20.8 Å². The van der Waals surface area contributed by atoms with Gasteiger partial charge in [-0.1, -0.05) is 12.1 Å². The van der Waals surface area contributed by atoms with E-state index in [2.05, 4.69) is 4.98 Å². The highest BCUT2D eigenvalue weighted by molar-refractivity contribution is 8.13. The van der Waals surface area contributed by atoms with Gasteiger partial charge in [0, 0.05) is 53.6 Å². The van der Waals surface area contributed by atoms with Crippen molar-refractivity contribution in [3.05, 3.63) is 48.7 Å². The van der Waals surface area contributed by atoms with Crippen LogP contribution in [0.1, 0.15) is 6.42 Å². The Kier molecular flexibility index (Phi) is 4.73. The lowest BCUT2D eigenvalue weighted by molar-refractivity contribution is -0.117. The summed E-state index contributed by atoms with van der Waals surface area (Å²) in [6, 6.07) is 12.4. The normalized spacial score (nSPS) is 18.0. The van der Waals surface area contributed by atoms with E-state index in [-0.39, 0.29) is 24.0 Å². The number of hydrogen-bond acceptors (Lipinski definition) is 5. The maximum Gasteiger partial charge on any atom is 0.232 e. The molecular formula is C16H15ClN2O4S. The molecule has 0 bridgehead atoms. The molecule has 1 amide bonds. The molecule has 0 radical (unpaired) electrons. The van der Waals surface area contributed by atoms with Gasteiger partial charge in [0.1, 0.15) is 5.75 Å². The number of rotatable bonds is 5. The zero-order chi connectivity index (χ0) is 17.2. The van der Waals surface area contributed by atoms with Crippen LogP contribution in [0.5, 0.6) is 11.6 Å². The Balaban J connectivity index is 1.75. The third-order valence-corrected chi connectivity index (χ3v) is 4.88. The second kappa shape index (κ2) is 6.78. The molecule has 1 aromatic carbocycles. The molecule has 1 aliphatic rings. The van der Waals surface area contributed by atoms with E-state index in [1.807, 2.05) is 6.07 Å². The minimum Gasteiger partial charge on any atom is -0.439 e. The van der Waals surface area contributed by atoms with Gasteiger partial charge in [0.05, 0.1) is 5.75 Å². The Morgan fingerprint density at radius 2 is 2.08 bits per heavy atom. The predicted octanol–water partition coefficient (Wildman–Crippen LogP) is 2.80. The van der Waals surface area contributed by atoms with Crippen LogP contribution in [0.2, 0.25) is 0 Å². The summed E-state index contributed by atoms with van der Waals surface area (Å²) >= 11 is 0. The molecule has 8 heteroatoms. The third kappa shape index (κ3) is 4.24. The van der Waals surface area contributed by atoms with Crippen molar-refractivity contribution in [2.45, 2.75) is 6.42 Å². The molecule has 1 aromatic heterocycles. The van der Waals surface area contributed by atoms with Crippen LogP contribution in [-0.4, -0.2) is 31.6 Å². The number of pyridine rings is 1. The Labute approximate surface area is 144 Å². The highest BCUT2D eigenvalue weighted by Crippen LogP contribution is 2.30. The number of anilines is 1. The lowest BCUT2D eigenvalue weighted by Gasteiger charge is -2.17. The molecule has 126 valence electrons. The molecule has 1 aliphatic heterocycles. The summed E-state index contributed by atoms with van der Waals surface area (Å²) in [6.45, 7) is 0.317. The number of ether oxygens (including phenoxy) is 1. The van der Waals surface area contributed by atoms with Crippen molar-refractivity contribution in [3.8, 4) is 11.6 Å². The van der Waals surface area contributed by atoms with Crippen LogP contribution in [0, 0.1) is 5.92 Å². The summed E-state index contributed by atoms with van der Waals surface area (Å²) < 4.78 is 28.1. The fourth-order valence-corrected chi connectivity index (χ4v) is 3.99. The fraction of sp³-hybridized carbons (Fsp3) is 0.250. The second-order valence-corrected chi connectivity index (χ2v) is 8.37. The summed E-state index contributed by atoms with van der Waals surface area (Å²) in [5.41, 5.74) is 0.655. The number of hydrogen-bond donors (Lipinski definition) is 0. The zero-order valence-corrected chi connectivity index (χ0v) is 14.2. The van der Waals surface area contributed by atoms with E-state index in [4.69, 9.17) is 15.4 Å². The third-order valence-electron chi connectivity index (χ3n) is 3.63. The molecule has 24 heavy (non-hydrogen) atoms. The number of halogens is 1. The average molecular weight is 367 g/mol. The Hall–Kier alpha value is -2.12. The molecule has 0 spiro atoms. The number of aromatic nitrogens is 1. The molecule has 1 unspecified atom stereocenters. The molecule has 1 saturated heterocycles. The van der Waals surface area contributed by atoms with E-state index in [0.29, 0.717) is 23.9 Å². The van der Waals surface area contributed by atoms with Crippen molar-refractivity contribution in [1.82, 2.24) is 4.98 Å². The number of nitrogens with zero attached hydrogens (tertiary/aromatic N) is 2. The van der Waals surface area contributed by atoms with Crippen LogP contribution < -0.4 is 9.64 Å². The molecule has 2 aromatic rings. The predicted molar refractivity (Wildman–Crippen MR) is 90.9 cm³/mol. The minimum atomic E-state index is -3.63. The largest absolute Gasteiger partial charge is 0.439 e. The number of benzene rings is 1. The monoisotopic (exact) mass is 366 g/mol. The number of carbonyl (C=O) groups is 1. The average Bonchev–Trinajstić information content (AvgIpc) is 2.87. The smallest absolute Gasteiger partial charge is 0.232 e. The highest BCUT2D eigenvalue weighted by Gasteiger charge is 2.33. The molecule has 1 atom stereocenters. The first kappa shape index (κ1) is 16.7. The Morgan fingerprint density at radius 1 is 1.25 bits per heavy atom. The van der Waals surface area contributed by atoms with E-state index in [1.165, 1.54) is 0 Å². The van der Waals surface area contributed by atoms with Crippen LogP contribution >= 0.6 is 10.7 Å². The maximum atomic E-state index is 12.2. The summed E-state index contributed by atoms with van der Waals surface area (Å²) in [5.74, 6) is 0.359. The van der Waals surface area contributed by atoms with Crippen LogP contribution in [0.25, 0.3) is 0 Å². The lowest BCUT2D eigenvalue weighted by atomic mass is 10.1. The van der Waals surface area contributed by atoms with Crippen molar-refractivity contribution in [2.24, 2.45) is 5.92 Å². The molecule has 2 heterocycles. The number of carbonyl (C=O) groups excluding carboxylic acids is 1. The summed E-state index contributed by atoms with van der Waals surface area (Å²) in [7, 11) is 1.66. The first-order valence-electron chi connectivity index (χ1n) is 7.32. The fourth-order valence-electron chi connectivity index (χ4n) is 2.67. The number of amides is 1. The molecule has 0 saturated carbocycles. The first-order valence-corrected chi connectivity index (χ1v) is 9.80. The molecule has 1 fully saturated rings. The van der Waals surface area contributed by atoms with Gasteiger partial charge < -0.3 is 9.64 Å². The molecule has 0 aliphatic carbocycles. The minimum absolute atomic E-state index is 0.129. The highest BCUT2D eigenvalue weighted by atomic mass is 35.7. The lowest BCUT2D eigenvalue weighted by Crippen LogP contribution is -2.25. The Morgan fingerprint density at radius 3 is 2.79 bits per heavy atom. The van der Waals surface area contributed by atoms with Gasteiger partial charge in [0.25, 0.3) is 0 Å². The zero-order valence-electron chi connectivity index (χ0n) is 12.6. The van der Waals surface area contributed by atoms with Crippen molar-refractivity contribution in [1.29, 1.82) is 0 Å². The van der Waals surface area contributed by atoms with Gasteiger partial charge in [-0.15, -0.1) is 0 Å². The van der Waals surface area contributed by atoms with Gasteiger partial charge >= 0.3 is 0 Å². The summed E-state index contributed by atoms with van der Waals surface area (Å²) in [4.78, 5) is 17.8. The van der Waals surface area contributed by atoms with Crippen LogP contribution in [0.3, 0.4) is 0 Å². The molecule has 3 rings (SSSR count). The van der Waals surface area contributed by atoms with Crippen molar-refractivity contribution < 1.29 is 17.9 Å². The maximum absolute atomic E-state index is 12.2. The van der Waals surface area contributed by atoms with Gasteiger partial charge in [-0.2, -0.15) is 0 Å². The molecule has 0 N–H and O–H groups in total. The van der Waals surface area contributed by atoms with Crippen LogP contribution in [0.4, 0.5) is 5.69 Å². The van der Waals surface area contributed by atoms with E-state index < -0.39 is 9.05 Å². The topological polar surface area (TPSA) is 76.6 Å². The first-order chi connectivity index (χ1) is 11.4. The van der Waals surface area contributed by atoms with E-state index in [1.54, 1.807) is 47.5 Å². The van der Waals surface area contributed by atoms with E-state index in [9.17, 15) is 13.2 Å². The Bertz CT molecular complexity index is 842. The van der Waals surface area contributed by atoms with E-state index in [0.717, 1.165) is 0 Å². The van der Waals surface area contributed by atoms with Gasteiger partial charge in [-0.25, -0.2) is 13.4 Å².